The lowest BCUT2D eigenvalue weighted by atomic mass is 10.2. The molecule has 2 rings (SSSR count). The Morgan fingerprint density at radius 1 is 1.53 bits per heavy atom. The van der Waals surface area contributed by atoms with Crippen LogP contribution in [0, 0.1) is 0 Å². The number of carboxylic acids is 1. The van der Waals surface area contributed by atoms with E-state index in [1.54, 1.807) is 19.4 Å². The van der Waals surface area contributed by atoms with E-state index in [0.29, 0.717) is 0 Å². The van der Waals surface area contributed by atoms with Gasteiger partial charge >= 0.3 is 5.97 Å². The lowest BCUT2D eigenvalue weighted by molar-refractivity contribution is -0.123. The molecule has 1 amide bonds. The number of carbonyl (C=O) groups is 2. The minimum absolute atomic E-state index is 0.0154. The molecular formula is C13H18N2O4. The fraction of sp³-hybridized carbons (Fsp3) is 0.538. The molecule has 2 atom stereocenters. The molecule has 19 heavy (non-hydrogen) atoms. The normalized spacial score (nSPS) is 22.4. The Kier molecular flexibility index (Phi) is 4.21. The van der Waals surface area contributed by atoms with E-state index in [-0.39, 0.29) is 30.3 Å². The molecule has 0 radical (unpaired) electrons. The van der Waals surface area contributed by atoms with Crippen molar-refractivity contribution in [1.29, 1.82) is 0 Å². The fourth-order valence-electron chi connectivity index (χ4n) is 2.53. The summed E-state index contributed by atoms with van der Waals surface area (Å²) in [4.78, 5) is 22.9. The van der Waals surface area contributed by atoms with Gasteiger partial charge in [0.1, 0.15) is 12.2 Å². The van der Waals surface area contributed by atoms with Crippen LogP contribution in [0.3, 0.4) is 0 Å². The summed E-state index contributed by atoms with van der Waals surface area (Å²) < 4.78 is 6.73. The predicted octanol–water partition coefficient (Wildman–Crippen LogP) is 0.870. The van der Waals surface area contributed by atoms with E-state index in [4.69, 9.17) is 9.84 Å². The maximum Gasteiger partial charge on any atom is 0.352 e. The van der Waals surface area contributed by atoms with Crippen molar-refractivity contribution in [3.63, 3.8) is 0 Å². The molecule has 1 aromatic rings. The Bertz CT molecular complexity index is 469. The van der Waals surface area contributed by atoms with Gasteiger partial charge in [-0.05, 0) is 31.4 Å². The maximum absolute atomic E-state index is 11.9. The third-order valence-corrected chi connectivity index (χ3v) is 3.46. The average molecular weight is 266 g/mol. The van der Waals surface area contributed by atoms with Crippen LogP contribution in [0.5, 0.6) is 0 Å². The molecule has 104 valence electrons. The Morgan fingerprint density at radius 3 is 3.00 bits per heavy atom. The molecule has 1 fully saturated rings. The van der Waals surface area contributed by atoms with Gasteiger partial charge in [0.2, 0.25) is 5.91 Å². The second-order valence-corrected chi connectivity index (χ2v) is 4.71. The van der Waals surface area contributed by atoms with Crippen LogP contribution in [0.25, 0.3) is 0 Å². The van der Waals surface area contributed by atoms with Crippen LogP contribution in [0.4, 0.5) is 0 Å². The van der Waals surface area contributed by atoms with Crippen LogP contribution in [-0.4, -0.2) is 40.8 Å². The SMILES string of the molecule is COC1CCCC1NC(=O)Cn1cccc1C(=O)O. The monoisotopic (exact) mass is 266 g/mol. The molecule has 1 saturated carbocycles. The summed E-state index contributed by atoms with van der Waals surface area (Å²) in [5.41, 5.74) is 0.116. The zero-order valence-electron chi connectivity index (χ0n) is 10.8. The highest BCUT2D eigenvalue weighted by molar-refractivity contribution is 5.86. The molecular weight excluding hydrogens is 248 g/mol. The van der Waals surface area contributed by atoms with Gasteiger partial charge in [0.15, 0.2) is 0 Å². The van der Waals surface area contributed by atoms with E-state index in [9.17, 15) is 9.59 Å². The maximum atomic E-state index is 11.9. The van der Waals surface area contributed by atoms with Gasteiger partial charge in [0.05, 0.1) is 12.1 Å². The number of aromatic nitrogens is 1. The molecule has 2 N–H and O–H groups in total. The lowest BCUT2D eigenvalue weighted by Crippen LogP contribution is -2.42. The molecule has 1 heterocycles. The van der Waals surface area contributed by atoms with Gasteiger partial charge in [-0.25, -0.2) is 4.79 Å². The number of amides is 1. The first kappa shape index (κ1) is 13.6. The van der Waals surface area contributed by atoms with Crippen LogP contribution in [0.1, 0.15) is 29.8 Å². The predicted molar refractivity (Wildman–Crippen MR) is 68.0 cm³/mol. The summed E-state index contributed by atoms with van der Waals surface area (Å²) in [5.74, 6) is -1.22. The van der Waals surface area contributed by atoms with Crippen molar-refractivity contribution >= 4 is 11.9 Å². The first-order valence-corrected chi connectivity index (χ1v) is 6.32. The van der Waals surface area contributed by atoms with Crippen molar-refractivity contribution < 1.29 is 19.4 Å². The van der Waals surface area contributed by atoms with Gasteiger partial charge < -0.3 is 19.7 Å². The highest BCUT2D eigenvalue weighted by Gasteiger charge is 2.28. The summed E-state index contributed by atoms with van der Waals surface area (Å²) in [6.07, 6.45) is 4.54. The summed E-state index contributed by atoms with van der Waals surface area (Å²) in [7, 11) is 1.64. The highest BCUT2D eigenvalue weighted by Crippen LogP contribution is 2.21. The van der Waals surface area contributed by atoms with E-state index in [2.05, 4.69) is 5.32 Å². The molecule has 1 aromatic heterocycles. The van der Waals surface area contributed by atoms with Crippen LogP contribution >= 0.6 is 0 Å². The molecule has 6 nitrogen and oxygen atoms in total. The van der Waals surface area contributed by atoms with E-state index >= 15 is 0 Å². The van der Waals surface area contributed by atoms with E-state index in [1.807, 2.05) is 0 Å². The number of nitrogens with zero attached hydrogens (tertiary/aromatic N) is 1. The third kappa shape index (κ3) is 3.14. The zero-order chi connectivity index (χ0) is 13.8. The Hall–Kier alpha value is -1.82. The zero-order valence-corrected chi connectivity index (χ0v) is 10.8. The van der Waals surface area contributed by atoms with Gasteiger partial charge in [-0.3, -0.25) is 4.79 Å². The molecule has 0 saturated heterocycles. The average Bonchev–Trinajstić information content (AvgIpc) is 2.97. The largest absolute Gasteiger partial charge is 0.477 e. The van der Waals surface area contributed by atoms with E-state index < -0.39 is 5.97 Å². The van der Waals surface area contributed by atoms with Crippen molar-refractivity contribution in [3.05, 3.63) is 24.0 Å². The second kappa shape index (κ2) is 5.88. The first-order valence-electron chi connectivity index (χ1n) is 6.32. The van der Waals surface area contributed by atoms with Crippen molar-refractivity contribution in [1.82, 2.24) is 9.88 Å². The molecule has 1 aliphatic rings. The number of hydrogen-bond acceptors (Lipinski definition) is 3. The Morgan fingerprint density at radius 2 is 2.32 bits per heavy atom. The van der Waals surface area contributed by atoms with Crippen molar-refractivity contribution in [2.24, 2.45) is 0 Å². The Balaban J connectivity index is 1.94. The second-order valence-electron chi connectivity index (χ2n) is 4.71. The van der Waals surface area contributed by atoms with Gasteiger partial charge in [-0.1, -0.05) is 0 Å². The van der Waals surface area contributed by atoms with Gasteiger partial charge in [0, 0.05) is 13.3 Å². The minimum atomic E-state index is -1.03. The van der Waals surface area contributed by atoms with Crippen molar-refractivity contribution in [3.8, 4) is 0 Å². The standard InChI is InChI=1S/C13H18N2O4/c1-19-11-6-2-4-9(11)14-12(16)8-15-7-3-5-10(15)13(17)18/h3,5,7,9,11H,2,4,6,8H2,1H3,(H,14,16)(H,17,18). The van der Waals surface area contributed by atoms with Crippen LogP contribution in [0.15, 0.2) is 18.3 Å². The number of hydrogen-bond donors (Lipinski definition) is 2. The summed E-state index contributed by atoms with van der Waals surface area (Å²) >= 11 is 0. The number of carboxylic acid groups (broad SMARTS) is 1. The highest BCUT2D eigenvalue weighted by atomic mass is 16.5. The van der Waals surface area contributed by atoms with Crippen LogP contribution in [0.2, 0.25) is 0 Å². The lowest BCUT2D eigenvalue weighted by Gasteiger charge is -2.20. The van der Waals surface area contributed by atoms with Gasteiger partial charge in [-0.2, -0.15) is 0 Å². The van der Waals surface area contributed by atoms with Crippen molar-refractivity contribution in [2.45, 2.75) is 38.0 Å². The number of ether oxygens (including phenoxy) is 1. The topological polar surface area (TPSA) is 80.6 Å². The van der Waals surface area contributed by atoms with Gasteiger partial charge in [0.25, 0.3) is 0 Å². The fourth-order valence-corrected chi connectivity index (χ4v) is 2.53. The van der Waals surface area contributed by atoms with E-state index in [1.165, 1.54) is 10.6 Å². The van der Waals surface area contributed by atoms with Crippen LogP contribution in [-0.2, 0) is 16.1 Å². The molecule has 0 aromatic carbocycles. The number of rotatable bonds is 5. The third-order valence-electron chi connectivity index (χ3n) is 3.46. The van der Waals surface area contributed by atoms with Crippen LogP contribution < -0.4 is 5.32 Å². The van der Waals surface area contributed by atoms with Crippen molar-refractivity contribution in [2.75, 3.05) is 7.11 Å². The molecule has 6 heteroatoms. The summed E-state index contributed by atoms with van der Waals surface area (Å²) in [6.45, 7) is 0.0154. The van der Waals surface area contributed by atoms with E-state index in [0.717, 1.165) is 19.3 Å². The smallest absolute Gasteiger partial charge is 0.352 e. The Labute approximate surface area is 111 Å². The number of methoxy groups -OCH3 is 1. The number of nitrogens with one attached hydrogen (secondary N) is 1. The first-order chi connectivity index (χ1) is 9.11. The molecule has 2 unspecified atom stereocenters. The number of carbonyl (C=O) groups excluding carboxylic acids is 1. The summed E-state index contributed by atoms with van der Waals surface area (Å²) in [6, 6.07) is 3.12. The minimum Gasteiger partial charge on any atom is -0.477 e. The number of aromatic carboxylic acids is 1. The molecule has 0 bridgehead atoms. The quantitative estimate of drug-likeness (QED) is 0.828. The summed E-state index contributed by atoms with van der Waals surface area (Å²) in [5, 5.41) is 11.9. The van der Waals surface area contributed by atoms with Gasteiger partial charge in [-0.15, -0.1) is 0 Å². The molecule has 1 aliphatic carbocycles. The molecule has 0 spiro atoms. The molecule has 0 aliphatic heterocycles.